The number of carbonyl (C=O) groups excluding carboxylic acids is 1. The van der Waals surface area contributed by atoms with E-state index in [9.17, 15) is 14.9 Å². The maximum atomic E-state index is 13.1. The second-order valence-electron chi connectivity index (χ2n) is 7.82. The molecule has 150 valence electrons. The Morgan fingerprint density at radius 3 is 2.55 bits per heavy atom. The number of ketones is 1. The van der Waals surface area contributed by atoms with Crippen LogP contribution in [0.25, 0.3) is 22.6 Å². The standard InChI is InChI=1S/C23H24N2O3S/c1-6-17-15(14-10-8-9-11-18(14)28-17)12-19-21(27)25(7-2)22(29-19)16(13-24)20(26)23(3,4)5/h8-12H,6-7H2,1-5H3/b19-12-,22-16+. The molecule has 0 atom stereocenters. The number of nitrogens with zero attached hydrogens (tertiary/aromatic N) is 2. The molecule has 0 unspecified atom stereocenters. The summed E-state index contributed by atoms with van der Waals surface area (Å²) in [6.07, 6.45) is 2.52. The van der Waals surface area contributed by atoms with Gasteiger partial charge in [-0.05, 0) is 19.1 Å². The molecule has 2 aromatic heterocycles. The van der Waals surface area contributed by atoms with Gasteiger partial charge in [-0.2, -0.15) is 5.26 Å². The van der Waals surface area contributed by atoms with E-state index in [1.54, 1.807) is 20.8 Å². The molecule has 0 spiro atoms. The minimum Gasteiger partial charge on any atom is -0.460 e. The third-order valence-corrected chi connectivity index (χ3v) is 5.90. The first-order valence-corrected chi connectivity index (χ1v) is 10.5. The Bertz CT molecular complexity index is 1310. The van der Waals surface area contributed by atoms with Crippen LogP contribution in [0.4, 0.5) is 0 Å². The third kappa shape index (κ3) is 3.70. The Balaban J connectivity index is 2.38. The van der Waals surface area contributed by atoms with Crippen molar-refractivity contribution in [2.45, 2.75) is 47.6 Å². The smallest absolute Gasteiger partial charge is 0.269 e. The minimum atomic E-state index is -0.705. The van der Waals surface area contributed by atoms with Crippen LogP contribution in [0.3, 0.4) is 0 Å². The molecule has 0 aliphatic heterocycles. The lowest BCUT2D eigenvalue weighted by molar-refractivity contribution is -0.120. The molecule has 0 saturated carbocycles. The van der Waals surface area contributed by atoms with Crippen LogP contribution in [0.15, 0.2) is 33.5 Å². The number of nitriles is 1. The molecule has 3 aromatic rings. The van der Waals surface area contributed by atoms with E-state index in [1.165, 1.54) is 15.9 Å². The molecule has 0 aliphatic rings. The van der Waals surface area contributed by atoms with E-state index in [0.29, 0.717) is 22.2 Å². The zero-order valence-corrected chi connectivity index (χ0v) is 18.1. The van der Waals surface area contributed by atoms with Gasteiger partial charge in [0, 0.05) is 29.3 Å². The SMILES string of the molecule is CCc1oc2ccccc2c1/C=c1\s/c(=C(\C#N)C(=O)C(C)(C)C)n(CC)c1=O. The zero-order valence-electron chi connectivity index (χ0n) is 17.3. The van der Waals surface area contributed by atoms with Crippen molar-refractivity contribution in [1.82, 2.24) is 4.57 Å². The normalized spacial score (nSPS) is 13.6. The summed E-state index contributed by atoms with van der Waals surface area (Å²) in [5.41, 5.74) is 0.777. The van der Waals surface area contributed by atoms with Crippen molar-refractivity contribution >= 4 is 39.7 Å². The van der Waals surface area contributed by atoms with E-state index in [1.807, 2.05) is 50.3 Å². The lowest BCUT2D eigenvalue weighted by Crippen LogP contribution is -2.33. The molecule has 0 amide bonds. The number of benzene rings is 1. The fourth-order valence-corrected chi connectivity index (χ4v) is 4.38. The number of Topliss-reactive ketones (excluding diaryl/α,β-unsaturated/α-hetero) is 1. The molecule has 0 saturated heterocycles. The molecule has 2 heterocycles. The van der Waals surface area contributed by atoms with Crippen LogP contribution in [0, 0.1) is 16.7 Å². The van der Waals surface area contributed by atoms with Gasteiger partial charge in [-0.3, -0.25) is 14.2 Å². The summed E-state index contributed by atoms with van der Waals surface area (Å²) in [7, 11) is 0. The van der Waals surface area contributed by atoms with Gasteiger partial charge in [0.2, 0.25) is 0 Å². The summed E-state index contributed by atoms with van der Waals surface area (Å²) in [4.78, 5) is 25.8. The molecular weight excluding hydrogens is 384 g/mol. The van der Waals surface area contributed by atoms with Crippen LogP contribution >= 0.6 is 11.3 Å². The molecule has 0 N–H and O–H groups in total. The van der Waals surface area contributed by atoms with Crippen molar-refractivity contribution in [3.63, 3.8) is 0 Å². The van der Waals surface area contributed by atoms with Gasteiger partial charge in [0.05, 0.1) is 4.53 Å². The number of aryl methyl sites for hydroxylation is 1. The molecule has 29 heavy (non-hydrogen) atoms. The van der Waals surface area contributed by atoms with Crippen molar-refractivity contribution in [3.8, 4) is 6.07 Å². The van der Waals surface area contributed by atoms with E-state index in [0.717, 1.165) is 22.3 Å². The van der Waals surface area contributed by atoms with Crippen LogP contribution in [0.5, 0.6) is 0 Å². The summed E-state index contributed by atoms with van der Waals surface area (Å²) in [5.74, 6) is 0.539. The van der Waals surface area contributed by atoms with Gasteiger partial charge in [0.15, 0.2) is 5.78 Å². The molecule has 0 fully saturated rings. The first-order valence-electron chi connectivity index (χ1n) is 9.63. The van der Waals surface area contributed by atoms with Gasteiger partial charge in [0.1, 0.15) is 27.6 Å². The summed E-state index contributed by atoms with van der Waals surface area (Å²) in [5, 5.41) is 10.6. The van der Waals surface area contributed by atoms with E-state index >= 15 is 0 Å². The van der Waals surface area contributed by atoms with E-state index < -0.39 is 5.41 Å². The maximum absolute atomic E-state index is 13.1. The Kier molecular flexibility index (Phi) is 5.63. The number of aromatic nitrogens is 1. The van der Waals surface area contributed by atoms with Crippen LogP contribution in [-0.4, -0.2) is 10.4 Å². The average Bonchev–Trinajstić information content (AvgIpc) is 3.19. The Morgan fingerprint density at radius 1 is 1.28 bits per heavy atom. The molecule has 0 radical (unpaired) electrons. The Labute approximate surface area is 173 Å². The van der Waals surface area contributed by atoms with Crippen LogP contribution in [0.1, 0.15) is 45.9 Å². The number of hydrogen-bond acceptors (Lipinski definition) is 5. The summed E-state index contributed by atoms with van der Waals surface area (Å²) >= 11 is 1.19. The highest BCUT2D eigenvalue weighted by Crippen LogP contribution is 2.26. The van der Waals surface area contributed by atoms with Crippen molar-refractivity contribution in [1.29, 1.82) is 5.26 Å². The van der Waals surface area contributed by atoms with E-state index in [2.05, 4.69) is 0 Å². The fourth-order valence-electron chi connectivity index (χ4n) is 3.23. The second-order valence-corrected chi connectivity index (χ2v) is 8.85. The van der Waals surface area contributed by atoms with Gasteiger partial charge in [-0.25, -0.2) is 0 Å². The maximum Gasteiger partial charge on any atom is 0.269 e. The molecule has 3 rings (SSSR count). The first kappa shape index (κ1) is 20.8. The quantitative estimate of drug-likeness (QED) is 0.663. The molecular formula is C23H24N2O3S. The number of rotatable bonds is 4. The number of thiazole rings is 1. The lowest BCUT2D eigenvalue weighted by atomic mass is 9.87. The van der Waals surface area contributed by atoms with E-state index in [4.69, 9.17) is 4.42 Å². The monoisotopic (exact) mass is 408 g/mol. The first-order chi connectivity index (χ1) is 13.7. The van der Waals surface area contributed by atoms with Crippen LogP contribution < -0.4 is 14.8 Å². The second kappa shape index (κ2) is 7.84. The van der Waals surface area contributed by atoms with Gasteiger partial charge in [-0.15, -0.1) is 11.3 Å². The summed E-state index contributed by atoms with van der Waals surface area (Å²) in [6, 6.07) is 9.75. The highest BCUT2D eigenvalue weighted by Gasteiger charge is 2.27. The van der Waals surface area contributed by atoms with Crippen molar-refractivity contribution in [3.05, 3.63) is 55.1 Å². The van der Waals surface area contributed by atoms with Crippen LogP contribution in [-0.2, 0) is 17.8 Å². The highest BCUT2D eigenvalue weighted by molar-refractivity contribution is 7.07. The van der Waals surface area contributed by atoms with Crippen molar-refractivity contribution < 1.29 is 9.21 Å². The Morgan fingerprint density at radius 2 is 1.97 bits per heavy atom. The highest BCUT2D eigenvalue weighted by atomic mass is 32.1. The van der Waals surface area contributed by atoms with Crippen molar-refractivity contribution in [2.75, 3.05) is 0 Å². The average molecular weight is 409 g/mol. The predicted octanol–water partition coefficient (Wildman–Crippen LogP) is 3.36. The third-order valence-electron chi connectivity index (χ3n) is 4.77. The van der Waals surface area contributed by atoms with Gasteiger partial charge < -0.3 is 4.42 Å². The number of para-hydroxylation sites is 1. The van der Waals surface area contributed by atoms with E-state index in [-0.39, 0.29) is 16.9 Å². The molecule has 6 heteroatoms. The van der Waals surface area contributed by atoms with Crippen LogP contribution in [0.2, 0.25) is 0 Å². The largest absolute Gasteiger partial charge is 0.460 e. The molecule has 0 bridgehead atoms. The number of furan rings is 1. The van der Waals surface area contributed by atoms with Crippen molar-refractivity contribution in [2.24, 2.45) is 5.41 Å². The van der Waals surface area contributed by atoms with Gasteiger partial charge >= 0.3 is 0 Å². The summed E-state index contributed by atoms with van der Waals surface area (Å²) < 4.78 is 8.33. The lowest BCUT2D eigenvalue weighted by Gasteiger charge is -2.15. The van der Waals surface area contributed by atoms with Gasteiger partial charge in [0.25, 0.3) is 5.56 Å². The topological polar surface area (TPSA) is 76.0 Å². The number of fused-ring (bicyclic) bond motifs is 1. The minimum absolute atomic E-state index is 0.0360. The number of carbonyl (C=O) groups is 1. The fraction of sp³-hybridized carbons (Fsp3) is 0.348. The molecule has 5 nitrogen and oxygen atoms in total. The summed E-state index contributed by atoms with van der Waals surface area (Å²) in [6.45, 7) is 9.53. The molecule has 0 aliphatic carbocycles. The molecule has 1 aromatic carbocycles. The predicted molar refractivity (Wildman–Crippen MR) is 116 cm³/mol. The van der Waals surface area contributed by atoms with Gasteiger partial charge in [-0.1, -0.05) is 45.9 Å². The Hall–Kier alpha value is -2.91. The zero-order chi connectivity index (χ0) is 21.3. The number of hydrogen-bond donors (Lipinski definition) is 0.